The van der Waals surface area contributed by atoms with Gasteiger partial charge in [0.2, 0.25) is 0 Å². The van der Waals surface area contributed by atoms with E-state index < -0.39 is 23.5 Å². The van der Waals surface area contributed by atoms with Crippen LogP contribution >= 0.6 is 22.9 Å². The Morgan fingerprint density at radius 1 is 1.07 bits per heavy atom. The number of pyridine rings is 1. The zero-order valence-corrected chi connectivity index (χ0v) is 27.4. The molecule has 1 atom stereocenters. The summed E-state index contributed by atoms with van der Waals surface area (Å²) >= 11 is 7.62. The average Bonchev–Trinajstić information content (AvgIpc) is 3.58. The van der Waals surface area contributed by atoms with Crippen molar-refractivity contribution < 1.29 is 18.7 Å². The summed E-state index contributed by atoms with van der Waals surface area (Å²) in [6.07, 6.45) is 2.02. The summed E-state index contributed by atoms with van der Waals surface area (Å²) < 4.78 is 29.9. The largest absolute Gasteiger partial charge is 0.464 e. The summed E-state index contributed by atoms with van der Waals surface area (Å²) in [5.74, 6) is -0.962. The molecule has 0 aliphatic carbocycles. The normalized spacial score (nSPS) is 12.6. The van der Waals surface area contributed by atoms with Gasteiger partial charge in [-0.25, -0.2) is 14.2 Å². The monoisotopic (exact) mass is 642 g/mol. The van der Waals surface area contributed by atoms with Crippen molar-refractivity contribution in [1.82, 2.24) is 19.7 Å². The molecule has 7 nitrogen and oxygen atoms in total. The van der Waals surface area contributed by atoms with Gasteiger partial charge in [0, 0.05) is 39.7 Å². The third-order valence-corrected chi connectivity index (χ3v) is 8.80. The van der Waals surface area contributed by atoms with Crippen LogP contribution in [0.25, 0.3) is 54.1 Å². The van der Waals surface area contributed by atoms with E-state index in [1.54, 1.807) is 36.0 Å². The van der Waals surface area contributed by atoms with Gasteiger partial charge in [0.15, 0.2) is 11.9 Å². The predicted octanol–water partition coefficient (Wildman–Crippen LogP) is 9.10. The maximum absolute atomic E-state index is 15.5. The molecule has 0 aliphatic rings. The molecular weight excluding hydrogens is 611 g/mol. The third kappa shape index (κ3) is 6.08. The molecule has 0 bridgehead atoms. The number of carbonyl (C=O) groups excluding carboxylic acids is 1. The molecule has 3 aromatic carbocycles. The van der Waals surface area contributed by atoms with Crippen LogP contribution in [-0.2, 0) is 21.3 Å². The number of esters is 1. The Hall–Kier alpha value is -4.18. The highest BCUT2D eigenvalue weighted by Crippen LogP contribution is 2.45. The standard InChI is InChI=1S/C35H32ClFN4O3S/c1-7-43-34(42)31(44-35(3,4)5)29-19(2)14-27-32(30(29)20-8-11-23(36)12-9-20)45-33(40-27)24-16-26(38-18-25(24)37)21-10-13-28-22(15-21)17-39-41(28)6/h8-18,31H,7H2,1-6H3/t31-/m0/s1. The van der Waals surface area contributed by atoms with E-state index in [4.69, 9.17) is 26.1 Å². The Morgan fingerprint density at radius 3 is 2.51 bits per heavy atom. The molecule has 6 aromatic rings. The van der Waals surface area contributed by atoms with Gasteiger partial charge in [-0.2, -0.15) is 5.10 Å². The van der Waals surface area contributed by atoms with Crippen molar-refractivity contribution in [3.63, 3.8) is 0 Å². The summed E-state index contributed by atoms with van der Waals surface area (Å²) in [7, 11) is 1.89. The molecule has 10 heteroatoms. The number of rotatable bonds is 7. The smallest absolute Gasteiger partial charge is 0.339 e. The molecular formula is C35H32ClFN4O3S. The van der Waals surface area contributed by atoms with Crippen LogP contribution in [0.15, 0.2) is 67.0 Å². The SMILES string of the molecule is CCOC(=O)[C@@H](OC(C)(C)C)c1c(C)cc2nc(-c3cc(-c4ccc5c(cnn5C)c4)ncc3F)sc2c1-c1ccc(Cl)cc1. The van der Waals surface area contributed by atoms with Crippen LogP contribution in [0.4, 0.5) is 4.39 Å². The second-order valence-corrected chi connectivity index (χ2v) is 13.2. The fourth-order valence-electron chi connectivity index (χ4n) is 5.45. The van der Waals surface area contributed by atoms with E-state index in [9.17, 15) is 4.79 Å². The van der Waals surface area contributed by atoms with Crippen molar-refractivity contribution in [3.8, 4) is 33.0 Å². The molecule has 0 aliphatic heterocycles. The van der Waals surface area contributed by atoms with Gasteiger partial charge in [-0.3, -0.25) is 9.67 Å². The highest BCUT2D eigenvalue weighted by Gasteiger charge is 2.33. The Labute approximate surface area is 269 Å². The number of nitrogens with zero attached hydrogens (tertiary/aromatic N) is 4. The maximum Gasteiger partial charge on any atom is 0.339 e. The van der Waals surface area contributed by atoms with E-state index in [1.807, 2.05) is 71.1 Å². The second-order valence-electron chi connectivity index (χ2n) is 11.8. The predicted molar refractivity (Wildman–Crippen MR) is 178 cm³/mol. The Morgan fingerprint density at radius 2 is 1.80 bits per heavy atom. The van der Waals surface area contributed by atoms with Gasteiger partial charge in [0.25, 0.3) is 0 Å². The van der Waals surface area contributed by atoms with Crippen LogP contribution in [0.1, 0.15) is 44.9 Å². The van der Waals surface area contributed by atoms with Crippen molar-refractivity contribution in [2.75, 3.05) is 6.61 Å². The average molecular weight is 643 g/mol. The molecule has 6 rings (SSSR count). The Balaban J connectivity index is 1.56. The van der Waals surface area contributed by atoms with E-state index in [0.717, 1.165) is 37.9 Å². The first-order chi connectivity index (χ1) is 21.4. The molecule has 230 valence electrons. The van der Waals surface area contributed by atoms with Gasteiger partial charge in [0.05, 0.1) is 46.0 Å². The molecule has 3 heterocycles. The van der Waals surface area contributed by atoms with E-state index in [1.165, 1.54) is 17.5 Å². The van der Waals surface area contributed by atoms with Crippen LogP contribution in [0, 0.1) is 12.7 Å². The number of fused-ring (bicyclic) bond motifs is 2. The summed E-state index contributed by atoms with van der Waals surface area (Å²) in [5.41, 5.74) is 5.88. The first kappa shape index (κ1) is 30.8. The number of hydrogen-bond donors (Lipinski definition) is 0. The molecule has 0 fully saturated rings. The van der Waals surface area contributed by atoms with E-state index in [-0.39, 0.29) is 6.61 Å². The number of aromatic nitrogens is 4. The number of carbonyl (C=O) groups is 1. The quantitative estimate of drug-likeness (QED) is 0.162. The Bertz CT molecular complexity index is 2060. The fraction of sp³-hybridized carbons (Fsp3) is 0.257. The number of hydrogen-bond acceptors (Lipinski definition) is 7. The minimum absolute atomic E-state index is 0.211. The third-order valence-electron chi connectivity index (χ3n) is 7.42. The van der Waals surface area contributed by atoms with E-state index in [0.29, 0.717) is 32.4 Å². The number of thiazole rings is 1. The second kappa shape index (κ2) is 12.0. The summed E-state index contributed by atoms with van der Waals surface area (Å²) in [4.78, 5) is 22.7. The summed E-state index contributed by atoms with van der Waals surface area (Å²) in [5, 5.41) is 6.36. The molecule has 0 saturated carbocycles. The lowest BCUT2D eigenvalue weighted by Crippen LogP contribution is -2.29. The zero-order valence-electron chi connectivity index (χ0n) is 25.8. The van der Waals surface area contributed by atoms with Crippen LogP contribution in [0.3, 0.4) is 0 Å². The molecule has 0 saturated heterocycles. The lowest BCUT2D eigenvalue weighted by Gasteiger charge is -2.29. The van der Waals surface area contributed by atoms with Crippen LogP contribution < -0.4 is 0 Å². The highest BCUT2D eigenvalue weighted by atomic mass is 35.5. The molecule has 0 spiro atoms. The van der Waals surface area contributed by atoms with Crippen molar-refractivity contribution in [2.45, 2.75) is 46.3 Å². The van der Waals surface area contributed by atoms with Crippen molar-refractivity contribution >= 4 is 50.0 Å². The highest BCUT2D eigenvalue weighted by molar-refractivity contribution is 7.22. The van der Waals surface area contributed by atoms with Crippen molar-refractivity contribution in [2.24, 2.45) is 7.05 Å². The maximum atomic E-state index is 15.5. The number of halogens is 2. The number of aryl methyl sites for hydroxylation is 2. The Kier molecular flexibility index (Phi) is 8.20. The van der Waals surface area contributed by atoms with Crippen LogP contribution in [0.5, 0.6) is 0 Å². The summed E-state index contributed by atoms with van der Waals surface area (Å²) in [6, 6.07) is 17.0. The fourth-order valence-corrected chi connectivity index (χ4v) is 6.72. The van der Waals surface area contributed by atoms with Gasteiger partial charge in [0.1, 0.15) is 5.01 Å². The van der Waals surface area contributed by atoms with Crippen LogP contribution in [0.2, 0.25) is 5.02 Å². The van der Waals surface area contributed by atoms with Gasteiger partial charge < -0.3 is 9.47 Å². The lowest BCUT2D eigenvalue weighted by molar-refractivity contribution is -0.166. The van der Waals surface area contributed by atoms with E-state index in [2.05, 4.69) is 10.1 Å². The van der Waals surface area contributed by atoms with Gasteiger partial charge in [-0.15, -0.1) is 11.3 Å². The first-order valence-corrected chi connectivity index (χ1v) is 15.8. The molecule has 3 aromatic heterocycles. The topological polar surface area (TPSA) is 79.1 Å². The minimum Gasteiger partial charge on any atom is -0.464 e. The van der Waals surface area contributed by atoms with Crippen molar-refractivity contribution in [3.05, 3.63) is 89.0 Å². The first-order valence-electron chi connectivity index (χ1n) is 14.6. The summed E-state index contributed by atoms with van der Waals surface area (Å²) in [6.45, 7) is 9.60. The zero-order chi connectivity index (χ0) is 32.0. The molecule has 0 amide bonds. The van der Waals surface area contributed by atoms with Crippen molar-refractivity contribution in [1.29, 1.82) is 0 Å². The lowest BCUT2D eigenvalue weighted by atomic mass is 9.91. The molecule has 0 radical (unpaired) electrons. The van der Waals surface area contributed by atoms with E-state index >= 15 is 4.39 Å². The van der Waals surface area contributed by atoms with Gasteiger partial charge in [-0.05, 0) is 82.1 Å². The molecule has 45 heavy (non-hydrogen) atoms. The molecule has 0 unspecified atom stereocenters. The number of ether oxygens (including phenoxy) is 2. The number of benzene rings is 3. The van der Waals surface area contributed by atoms with Gasteiger partial charge in [-0.1, -0.05) is 29.8 Å². The van der Waals surface area contributed by atoms with Crippen LogP contribution in [-0.4, -0.2) is 37.9 Å². The van der Waals surface area contributed by atoms with Gasteiger partial charge >= 0.3 is 5.97 Å². The molecule has 0 N–H and O–H groups in total. The minimum atomic E-state index is -1.00.